The van der Waals surface area contributed by atoms with Gasteiger partial charge in [0.15, 0.2) is 8.07 Å². The number of hydrogen-bond donors (Lipinski definition) is 0. The van der Waals surface area contributed by atoms with E-state index in [1.165, 1.54) is 40.9 Å². The summed E-state index contributed by atoms with van der Waals surface area (Å²) < 4.78 is 11.4. The van der Waals surface area contributed by atoms with E-state index in [2.05, 4.69) is 236 Å². The van der Waals surface area contributed by atoms with Gasteiger partial charge in [0, 0.05) is 31.8 Å². The van der Waals surface area contributed by atoms with Gasteiger partial charge in [-0.2, -0.15) is 4.98 Å². The maximum absolute atomic E-state index is 5.62. The van der Waals surface area contributed by atoms with Gasteiger partial charge in [0.2, 0.25) is 17.5 Å². The monoisotopic (exact) mass is 930 g/mol. The van der Waals surface area contributed by atoms with Gasteiger partial charge < -0.3 is 0 Å². The SMILES string of the molecule is c1ccc([Si](c2ccccc2)(c2cccc(-c3cc(-n4c5ccccc5n5c6ccccc6nc45)nc(-n4c5ccccc5n5c6ccccc6nc45)n3)c2)c2cccc3c2sc2ccccc23)cc1. The van der Waals surface area contributed by atoms with Crippen molar-refractivity contribution in [1.82, 2.24) is 37.9 Å². The first kappa shape index (κ1) is 39.1. The number of thiophene rings is 1. The summed E-state index contributed by atoms with van der Waals surface area (Å²) in [4.78, 5) is 21.8. The first-order valence-corrected chi connectivity index (χ1v) is 26.3. The molecule has 8 nitrogen and oxygen atoms in total. The normalized spacial score (nSPS) is 12.3. The summed E-state index contributed by atoms with van der Waals surface area (Å²) >= 11 is 1.90. The Labute approximate surface area is 405 Å². The molecule has 0 amide bonds. The van der Waals surface area contributed by atoms with Crippen LogP contribution in [0.4, 0.5) is 0 Å². The highest BCUT2D eigenvalue weighted by atomic mass is 32.1. The van der Waals surface area contributed by atoms with E-state index in [-0.39, 0.29) is 0 Å². The van der Waals surface area contributed by atoms with Gasteiger partial charge in [0.1, 0.15) is 5.82 Å². The predicted molar refractivity (Wildman–Crippen MR) is 290 cm³/mol. The number of nitrogens with zero attached hydrogens (tertiary/aromatic N) is 8. The van der Waals surface area contributed by atoms with Gasteiger partial charge in [-0.05, 0) is 75.3 Å². The van der Waals surface area contributed by atoms with Gasteiger partial charge in [-0.1, -0.05) is 170 Å². The highest BCUT2D eigenvalue weighted by Crippen LogP contribution is 2.36. The molecule has 10 heteroatoms. The molecule has 0 unspecified atom stereocenters. The lowest BCUT2D eigenvalue weighted by molar-refractivity contribution is 0.930. The highest BCUT2D eigenvalue weighted by molar-refractivity contribution is 7.30. The number of imidazole rings is 4. The average molecular weight is 931 g/mol. The molecule has 9 aromatic carbocycles. The highest BCUT2D eigenvalue weighted by Gasteiger charge is 2.43. The maximum atomic E-state index is 5.62. The first-order valence-electron chi connectivity index (χ1n) is 23.5. The minimum absolute atomic E-state index is 0.510. The molecule has 0 bridgehead atoms. The molecular formula is C60H38N8SSi. The van der Waals surface area contributed by atoms with Crippen LogP contribution < -0.4 is 20.7 Å². The van der Waals surface area contributed by atoms with Crippen molar-refractivity contribution in [2.24, 2.45) is 0 Å². The largest absolute Gasteiger partial charge is 0.276 e. The van der Waals surface area contributed by atoms with Crippen molar-refractivity contribution in [3.05, 3.63) is 231 Å². The van der Waals surface area contributed by atoms with E-state index in [1.807, 2.05) is 23.5 Å². The number of benzene rings is 9. The molecule has 15 rings (SSSR count). The Hall–Kier alpha value is -8.96. The minimum Gasteiger partial charge on any atom is -0.276 e. The molecule has 0 atom stereocenters. The third-order valence-electron chi connectivity index (χ3n) is 14.2. The molecule has 15 aromatic rings. The molecule has 70 heavy (non-hydrogen) atoms. The molecule has 0 radical (unpaired) electrons. The summed E-state index contributed by atoms with van der Waals surface area (Å²) in [6.07, 6.45) is 0. The van der Waals surface area contributed by atoms with Crippen LogP contribution in [0, 0.1) is 0 Å². The number of fused-ring (bicyclic) bond motifs is 13. The van der Waals surface area contributed by atoms with E-state index in [9.17, 15) is 0 Å². The Morgan fingerprint density at radius 1 is 0.371 bits per heavy atom. The summed E-state index contributed by atoms with van der Waals surface area (Å²) in [5.74, 6) is 2.72. The quantitative estimate of drug-likeness (QED) is 0.118. The van der Waals surface area contributed by atoms with Gasteiger partial charge in [0.05, 0.1) is 49.8 Å². The number of para-hydroxylation sites is 8. The van der Waals surface area contributed by atoms with Crippen LogP contribution in [-0.4, -0.2) is 45.9 Å². The standard InChI is InChI=1S/C60H38N8SSi/c1-3-20-40(21-4-1)70(41-22-5-2-6-23-41,55-36-18-26-44-43-25-7-16-35-54(43)69-57(44)55)42-24-17-19-39(37-42)47-38-56(67-52-33-14-12-31-50(52)65-48-29-10-8-27-45(48)62-59(65)67)64-58(61-47)68-53-34-15-13-32-51(53)66-49-30-11-9-28-46(49)63-60(66)68/h1-38H. The van der Waals surface area contributed by atoms with Crippen molar-refractivity contribution in [2.45, 2.75) is 0 Å². The van der Waals surface area contributed by atoms with Gasteiger partial charge in [-0.25, -0.2) is 19.5 Å². The van der Waals surface area contributed by atoms with Crippen LogP contribution in [-0.2, 0) is 0 Å². The molecule has 6 heterocycles. The van der Waals surface area contributed by atoms with Gasteiger partial charge in [-0.15, -0.1) is 11.3 Å². The third kappa shape index (κ3) is 5.51. The molecular weight excluding hydrogens is 893 g/mol. The van der Waals surface area contributed by atoms with E-state index < -0.39 is 8.07 Å². The fourth-order valence-corrected chi connectivity index (χ4v) is 17.8. The lowest BCUT2D eigenvalue weighted by Gasteiger charge is -2.35. The summed E-state index contributed by atoms with van der Waals surface area (Å²) in [7, 11) is -3.08. The summed E-state index contributed by atoms with van der Waals surface area (Å²) in [6, 6.07) is 83.0. The summed E-state index contributed by atoms with van der Waals surface area (Å²) in [6.45, 7) is 0. The van der Waals surface area contributed by atoms with E-state index in [0.717, 1.165) is 66.9 Å². The number of hydrogen-bond acceptors (Lipinski definition) is 5. The second-order valence-electron chi connectivity index (χ2n) is 17.9. The molecule has 0 aliphatic heterocycles. The van der Waals surface area contributed by atoms with Crippen molar-refractivity contribution < 1.29 is 0 Å². The molecule has 328 valence electrons. The maximum Gasteiger partial charge on any atom is 0.239 e. The van der Waals surface area contributed by atoms with Crippen LogP contribution in [0.2, 0.25) is 0 Å². The topological polar surface area (TPSA) is 70.2 Å². The zero-order chi connectivity index (χ0) is 45.9. The van der Waals surface area contributed by atoms with Crippen molar-refractivity contribution in [3.8, 4) is 23.0 Å². The van der Waals surface area contributed by atoms with Crippen LogP contribution >= 0.6 is 11.3 Å². The molecule has 0 saturated carbocycles. The Morgan fingerprint density at radius 3 is 1.56 bits per heavy atom. The van der Waals surface area contributed by atoms with Gasteiger partial charge in [-0.3, -0.25) is 13.4 Å². The zero-order valence-corrected chi connectivity index (χ0v) is 39.2. The van der Waals surface area contributed by atoms with Gasteiger partial charge >= 0.3 is 0 Å². The second-order valence-corrected chi connectivity index (χ2v) is 22.7. The second kappa shape index (κ2) is 15.0. The van der Waals surface area contributed by atoms with Crippen LogP contribution in [0.3, 0.4) is 0 Å². The average Bonchev–Trinajstić information content (AvgIpc) is 4.24. The summed E-state index contributed by atoms with van der Waals surface area (Å²) in [5.41, 5.74) is 9.65. The van der Waals surface area contributed by atoms with Crippen LogP contribution in [0.25, 0.3) is 98.9 Å². The number of rotatable bonds is 7. The van der Waals surface area contributed by atoms with Crippen molar-refractivity contribution >= 4 is 116 Å². The molecule has 0 spiro atoms. The predicted octanol–water partition coefficient (Wildman–Crippen LogP) is 11.4. The Balaban J connectivity index is 1.05. The molecule has 0 aliphatic rings. The number of aromatic nitrogens is 8. The van der Waals surface area contributed by atoms with Crippen molar-refractivity contribution in [2.75, 3.05) is 0 Å². The zero-order valence-electron chi connectivity index (χ0n) is 37.4. The van der Waals surface area contributed by atoms with Gasteiger partial charge in [0.25, 0.3) is 0 Å². The van der Waals surface area contributed by atoms with Crippen molar-refractivity contribution in [1.29, 1.82) is 0 Å². The molecule has 0 fully saturated rings. The Morgan fingerprint density at radius 2 is 0.886 bits per heavy atom. The molecule has 0 saturated heterocycles. The fourth-order valence-electron chi connectivity index (χ4n) is 11.2. The molecule has 0 aliphatic carbocycles. The fraction of sp³-hybridized carbons (Fsp3) is 0. The minimum atomic E-state index is -3.08. The van der Waals surface area contributed by atoms with E-state index in [4.69, 9.17) is 19.9 Å². The van der Waals surface area contributed by atoms with Crippen LogP contribution in [0.5, 0.6) is 0 Å². The third-order valence-corrected chi connectivity index (χ3v) is 20.4. The lowest BCUT2D eigenvalue weighted by Crippen LogP contribution is -2.74. The lowest BCUT2D eigenvalue weighted by atomic mass is 10.1. The Bertz CT molecular complexity index is 4360. The van der Waals surface area contributed by atoms with E-state index in [1.54, 1.807) is 0 Å². The first-order chi connectivity index (χ1) is 34.7. The Kier molecular flexibility index (Phi) is 8.38. The van der Waals surface area contributed by atoms with Crippen LogP contribution in [0.15, 0.2) is 231 Å². The van der Waals surface area contributed by atoms with E-state index in [0.29, 0.717) is 11.8 Å². The molecule has 0 N–H and O–H groups in total. The smallest absolute Gasteiger partial charge is 0.239 e. The van der Waals surface area contributed by atoms with Crippen LogP contribution in [0.1, 0.15) is 0 Å². The molecule has 6 aromatic heterocycles. The summed E-state index contributed by atoms with van der Waals surface area (Å²) in [5, 5.41) is 7.83. The van der Waals surface area contributed by atoms with Crippen molar-refractivity contribution in [3.63, 3.8) is 0 Å². The van der Waals surface area contributed by atoms with E-state index >= 15 is 0 Å².